The number of ether oxygens (including phenoxy) is 3. The van der Waals surface area contributed by atoms with Crippen LogP contribution in [0.15, 0.2) is 36.4 Å². The van der Waals surface area contributed by atoms with Crippen molar-refractivity contribution in [2.24, 2.45) is 17.8 Å². The molecule has 1 saturated heterocycles. The number of benzene rings is 1. The molecule has 2 aromatic rings. The molecule has 3 fully saturated rings. The Hall–Kier alpha value is -4.40. The monoisotopic (exact) mass is 793 g/mol. The topological polar surface area (TPSA) is 182 Å². The highest BCUT2D eigenvalue weighted by atomic mass is 32.2. The smallest absolute Gasteiger partial charge is 0.408 e. The minimum Gasteiger partial charge on any atom is -0.477 e. The fourth-order valence-electron chi connectivity index (χ4n) is 8.33. The van der Waals surface area contributed by atoms with E-state index in [0.29, 0.717) is 44.1 Å². The lowest BCUT2D eigenvalue weighted by Crippen LogP contribution is -2.59. The summed E-state index contributed by atoms with van der Waals surface area (Å²) in [5.41, 5.74) is -1.35. The van der Waals surface area contributed by atoms with Gasteiger partial charge in [0, 0.05) is 23.3 Å². The number of sulfonamides is 1. The van der Waals surface area contributed by atoms with Crippen LogP contribution in [0.25, 0.3) is 10.8 Å². The molecule has 1 aromatic carbocycles. The Labute approximate surface area is 328 Å². The standard InChI is InChI=1S/C41H55N5O9S/c1-24-12-7-8-13-26-22-41(26,37(49)45-56(51,52)40(6)17-18-40)44-33(47)31-21-27(23-46(31)36(48)32(25(2)20-24)42-38(50)55-39(3,4)5)54-35-30-15-10-9-14-28(30)29-16-11-19-53-34(29)43-35/h8-10,13-15,24-27,31-32H,7,11-12,16-23H2,1-6H3,(H,42,50)(H,44,47)(H,45,49)/b13-8-/t24-,25+,26+,27+,31-,32?,41+/m0/s1. The third kappa shape index (κ3) is 8.05. The first kappa shape index (κ1) is 39.8. The van der Waals surface area contributed by atoms with E-state index in [-0.39, 0.29) is 31.2 Å². The van der Waals surface area contributed by atoms with Crippen LogP contribution in [0, 0.1) is 17.8 Å². The van der Waals surface area contributed by atoms with E-state index in [0.717, 1.165) is 35.6 Å². The van der Waals surface area contributed by atoms with E-state index in [4.69, 9.17) is 19.2 Å². The number of alkyl carbamates (subject to hydrolysis) is 1. The van der Waals surface area contributed by atoms with Crippen molar-refractivity contribution in [2.75, 3.05) is 13.2 Å². The van der Waals surface area contributed by atoms with Crippen LogP contribution >= 0.6 is 0 Å². The summed E-state index contributed by atoms with van der Waals surface area (Å²) < 4.78 is 45.8. The average molecular weight is 794 g/mol. The largest absolute Gasteiger partial charge is 0.477 e. The molecule has 14 nitrogen and oxygen atoms in total. The average Bonchev–Trinajstić information content (AvgIpc) is 4.01. The number of aryl methyl sites for hydroxylation is 1. The Balaban J connectivity index is 1.24. The lowest BCUT2D eigenvalue weighted by molar-refractivity contribution is -0.142. The zero-order chi connectivity index (χ0) is 40.2. The van der Waals surface area contributed by atoms with Crippen molar-refractivity contribution >= 4 is 44.6 Å². The molecule has 7 rings (SSSR count). The summed E-state index contributed by atoms with van der Waals surface area (Å²) in [6.45, 7) is 11.3. The normalized spacial score (nSPS) is 30.9. The van der Waals surface area contributed by atoms with E-state index >= 15 is 0 Å². The lowest BCUT2D eigenvalue weighted by Gasteiger charge is -2.33. The van der Waals surface area contributed by atoms with Crippen LogP contribution < -0.4 is 24.8 Å². The molecule has 4 heterocycles. The minimum absolute atomic E-state index is 0.0189. The van der Waals surface area contributed by atoms with Gasteiger partial charge in [-0.3, -0.25) is 19.1 Å². The Bertz CT molecular complexity index is 2040. The van der Waals surface area contributed by atoms with Gasteiger partial charge in [-0.25, -0.2) is 13.2 Å². The third-order valence-electron chi connectivity index (χ3n) is 12.0. The molecule has 3 N–H and O–H groups in total. The van der Waals surface area contributed by atoms with Crippen LogP contribution in [0.1, 0.15) is 98.5 Å². The predicted octanol–water partition coefficient (Wildman–Crippen LogP) is 4.69. The summed E-state index contributed by atoms with van der Waals surface area (Å²) in [6.07, 6.45) is 7.24. The van der Waals surface area contributed by atoms with E-state index in [1.54, 1.807) is 27.7 Å². The Kier molecular flexibility index (Phi) is 10.5. The number of rotatable bonds is 6. The number of nitrogens with one attached hydrogen (secondary N) is 3. The maximum atomic E-state index is 14.9. The molecular formula is C41H55N5O9S. The predicted molar refractivity (Wildman–Crippen MR) is 208 cm³/mol. The SMILES string of the molecule is C[C@H]1CC/C=C\[C@@H]2C[C@@]2(C(=O)NS(=O)(=O)C2(C)CC2)NC(=O)[C@@H]2C[C@@H](Oc3nc4c(c5ccccc35)CCCO4)CN2C(=O)C(NC(=O)OC(C)(C)C)[C@H](C)C1. The first-order valence-electron chi connectivity index (χ1n) is 20.0. The summed E-state index contributed by atoms with van der Waals surface area (Å²) in [4.78, 5) is 62.8. The van der Waals surface area contributed by atoms with E-state index in [9.17, 15) is 27.6 Å². The highest BCUT2D eigenvalue weighted by molar-refractivity contribution is 7.91. The van der Waals surface area contributed by atoms with Crippen LogP contribution in [0.4, 0.5) is 4.79 Å². The first-order valence-corrected chi connectivity index (χ1v) is 21.4. The molecule has 0 radical (unpaired) electrons. The van der Waals surface area contributed by atoms with Gasteiger partial charge in [-0.05, 0) is 102 Å². The number of nitrogens with zero attached hydrogens (tertiary/aromatic N) is 2. The summed E-state index contributed by atoms with van der Waals surface area (Å²) in [5.74, 6) is -1.73. The van der Waals surface area contributed by atoms with Gasteiger partial charge in [0.15, 0.2) is 0 Å². The second kappa shape index (κ2) is 14.8. The minimum atomic E-state index is -4.00. The molecule has 1 unspecified atom stereocenters. The molecule has 4 amide bonds. The van der Waals surface area contributed by atoms with Gasteiger partial charge in [0.2, 0.25) is 33.6 Å². The molecule has 5 aliphatic rings. The van der Waals surface area contributed by atoms with E-state index < -0.39 is 73.8 Å². The maximum Gasteiger partial charge on any atom is 0.408 e. The molecule has 0 spiro atoms. The van der Waals surface area contributed by atoms with Crippen molar-refractivity contribution in [3.63, 3.8) is 0 Å². The summed E-state index contributed by atoms with van der Waals surface area (Å²) >= 11 is 0. The van der Waals surface area contributed by atoms with Crippen LogP contribution in [0.3, 0.4) is 0 Å². The van der Waals surface area contributed by atoms with Crippen LogP contribution in [-0.4, -0.2) is 89.3 Å². The quantitative estimate of drug-likeness (QED) is 0.347. The second-order valence-corrected chi connectivity index (χ2v) is 20.0. The van der Waals surface area contributed by atoms with Crippen LogP contribution in [0.5, 0.6) is 11.8 Å². The fourth-order valence-corrected chi connectivity index (χ4v) is 9.64. The van der Waals surface area contributed by atoms with E-state index in [1.807, 2.05) is 43.3 Å². The zero-order valence-corrected chi connectivity index (χ0v) is 34.0. The van der Waals surface area contributed by atoms with Gasteiger partial charge in [-0.1, -0.05) is 44.2 Å². The Morgan fingerprint density at radius 3 is 2.54 bits per heavy atom. The molecule has 0 bridgehead atoms. The highest BCUT2D eigenvalue weighted by Gasteiger charge is 2.63. The van der Waals surface area contributed by atoms with Gasteiger partial charge in [0.1, 0.15) is 29.3 Å². The molecule has 2 saturated carbocycles. The first-order chi connectivity index (χ1) is 26.4. The fraction of sp³-hybridized carbons (Fsp3) is 0.634. The van der Waals surface area contributed by atoms with Crippen molar-refractivity contribution in [1.82, 2.24) is 25.2 Å². The maximum absolute atomic E-state index is 14.9. The van der Waals surface area contributed by atoms with Crippen molar-refractivity contribution in [1.29, 1.82) is 0 Å². The second-order valence-electron chi connectivity index (χ2n) is 17.8. The zero-order valence-electron chi connectivity index (χ0n) is 33.2. The van der Waals surface area contributed by atoms with Gasteiger partial charge in [-0.2, -0.15) is 4.98 Å². The lowest BCUT2D eigenvalue weighted by atomic mass is 9.88. The molecular weight excluding hydrogens is 739 g/mol. The number of hydrogen-bond donors (Lipinski definition) is 3. The van der Waals surface area contributed by atoms with Crippen molar-refractivity contribution in [3.8, 4) is 11.8 Å². The molecule has 56 heavy (non-hydrogen) atoms. The van der Waals surface area contributed by atoms with E-state index in [1.165, 1.54) is 4.90 Å². The van der Waals surface area contributed by atoms with Gasteiger partial charge < -0.3 is 29.7 Å². The third-order valence-corrected chi connectivity index (χ3v) is 14.1. The van der Waals surface area contributed by atoms with Crippen molar-refractivity contribution in [3.05, 3.63) is 42.0 Å². The number of fused-ring (bicyclic) bond motifs is 5. The van der Waals surface area contributed by atoms with Gasteiger partial charge in [0.05, 0.1) is 17.9 Å². The molecule has 3 aliphatic heterocycles. The summed E-state index contributed by atoms with van der Waals surface area (Å²) in [6, 6.07) is 5.58. The van der Waals surface area contributed by atoms with Crippen molar-refractivity contribution in [2.45, 2.75) is 133 Å². The number of carbonyl (C=O) groups is 4. The number of hydrogen-bond acceptors (Lipinski definition) is 10. The number of pyridine rings is 1. The number of aromatic nitrogens is 1. The van der Waals surface area contributed by atoms with Crippen LogP contribution in [0.2, 0.25) is 0 Å². The number of allylic oxidation sites excluding steroid dienone is 1. The molecule has 304 valence electrons. The summed E-state index contributed by atoms with van der Waals surface area (Å²) in [5, 5.41) is 7.48. The summed E-state index contributed by atoms with van der Waals surface area (Å²) in [7, 11) is -4.00. The van der Waals surface area contributed by atoms with Gasteiger partial charge in [-0.15, -0.1) is 0 Å². The van der Waals surface area contributed by atoms with Gasteiger partial charge in [0.25, 0.3) is 5.91 Å². The Morgan fingerprint density at radius 1 is 1.09 bits per heavy atom. The van der Waals surface area contributed by atoms with E-state index in [2.05, 4.69) is 22.3 Å². The molecule has 15 heteroatoms. The molecule has 2 aliphatic carbocycles. The number of carbonyl (C=O) groups excluding carboxylic acids is 4. The molecule has 7 atom stereocenters. The van der Waals surface area contributed by atoms with Crippen molar-refractivity contribution < 1.29 is 41.8 Å². The Morgan fingerprint density at radius 2 is 1.82 bits per heavy atom. The van der Waals surface area contributed by atoms with Gasteiger partial charge >= 0.3 is 6.09 Å². The van der Waals surface area contributed by atoms with Crippen LogP contribution in [-0.2, 0) is 35.6 Å². The molecule has 1 aromatic heterocycles. The highest BCUT2D eigenvalue weighted by Crippen LogP contribution is 2.48. The number of amides is 4.